The molecule has 1 saturated carbocycles. The van der Waals surface area contributed by atoms with Gasteiger partial charge in [-0.25, -0.2) is 0 Å². The Balaban J connectivity index is 1.99. The average molecular weight is 324 g/mol. The lowest BCUT2D eigenvalue weighted by Gasteiger charge is -2.25. The highest BCUT2D eigenvalue weighted by molar-refractivity contribution is 5.37. The maximum atomic E-state index is 12.8. The van der Waals surface area contributed by atoms with Crippen molar-refractivity contribution in [3.05, 3.63) is 62.9 Å². The Morgan fingerprint density at radius 1 is 1.09 bits per heavy atom. The van der Waals surface area contributed by atoms with Gasteiger partial charge in [0, 0.05) is 24.6 Å². The van der Waals surface area contributed by atoms with Crippen LogP contribution in [0.15, 0.2) is 46.2 Å². The van der Waals surface area contributed by atoms with Crippen LogP contribution in [0, 0.1) is 5.92 Å². The fourth-order valence-electron chi connectivity index (χ4n) is 2.64. The molecule has 122 valence electrons. The third-order valence-electron chi connectivity index (χ3n) is 4.19. The van der Waals surface area contributed by atoms with Gasteiger partial charge >= 0.3 is 17.3 Å². The van der Waals surface area contributed by atoms with Gasteiger partial charge in [-0.05, 0) is 37.0 Å². The summed E-state index contributed by atoms with van der Waals surface area (Å²) in [5.74, 6) is 0.400. The highest BCUT2D eigenvalue weighted by atomic mass is 19.4. The summed E-state index contributed by atoms with van der Waals surface area (Å²) in [5, 5.41) is 0. The smallest absolute Gasteiger partial charge is 0.309 e. The lowest BCUT2D eigenvalue weighted by atomic mass is 9.85. The van der Waals surface area contributed by atoms with Crippen molar-refractivity contribution in [2.45, 2.75) is 32.0 Å². The summed E-state index contributed by atoms with van der Waals surface area (Å²) in [4.78, 5) is 24.3. The molecule has 1 aromatic heterocycles. The van der Waals surface area contributed by atoms with Gasteiger partial charge in [-0.3, -0.25) is 14.2 Å². The molecule has 0 aliphatic heterocycles. The van der Waals surface area contributed by atoms with Gasteiger partial charge < -0.3 is 4.57 Å². The molecule has 0 unspecified atom stereocenters. The van der Waals surface area contributed by atoms with E-state index in [1.807, 2.05) is 0 Å². The summed E-state index contributed by atoms with van der Waals surface area (Å²) in [6.07, 6.45) is 1.49. The zero-order chi connectivity index (χ0) is 16.6. The van der Waals surface area contributed by atoms with Crippen LogP contribution in [-0.4, -0.2) is 9.13 Å². The number of halogens is 3. The molecule has 0 bridgehead atoms. The molecular weight excluding hydrogens is 309 g/mol. The van der Waals surface area contributed by atoms with Gasteiger partial charge in [-0.15, -0.1) is 0 Å². The first-order valence-electron chi connectivity index (χ1n) is 7.36. The molecule has 4 nitrogen and oxygen atoms in total. The van der Waals surface area contributed by atoms with Gasteiger partial charge in [-0.1, -0.05) is 12.5 Å². The molecule has 0 atom stereocenters. The van der Waals surface area contributed by atoms with Crippen molar-refractivity contribution in [2.75, 3.05) is 0 Å². The molecule has 1 aliphatic rings. The Bertz CT molecular complexity index is 832. The molecule has 1 heterocycles. The molecule has 1 fully saturated rings. The third kappa shape index (κ3) is 3.09. The zero-order valence-electron chi connectivity index (χ0n) is 12.2. The largest absolute Gasteiger partial charge is 0.416 e. The van der Waals surface area contributed by atoms with Gasteiger partial charge in [0.1, 0.15) is 0 Å². The van der Waals surface area contributed by atoms with E-state index in [2.05, 4.69) is 0 Å². The summed E-state index contributed by atoms with van der Waals surface area (Å²) in [5.41, 5.74) is -2.39. The predicted octanol–water partition coefficient (Wildman–Crippen LogP) is 2.82. The number of benzene rings is 1. The van der Waals surface area contributed by atoms with Gasteiger partial charge in [0.05, 0.1) is 5.56 Å². The molecule has 0 N–H and O–H groups in total. The van der Waals surface area contributed by atoms with E-state index in [9.17, 15) is 22.8 Å². The topological polar surface area (TPSA) is 44.0 Å². The molecule has 7 heteroatoms. The van der Waals surface area contributed by atoms with Crippen LogP contribution in [0.5, 0.6) is 0 Å². The van der Waals surface area contributed by atoms with E-state index in [-0.39, 0.29) is 5.69 Å². The molecule has 2 aromatic rings. The van der Waals surface area contributed by atoms with Crippen LogP contribution in [0.4, 0.5) is 13.2 Å². The van der Waals surface area contributed by atoms with E-state index < -0.39 is 22.9 Å². The molecule has 1 aliphatic carbocycles. The van der Waals surface area contributed by atoms with Crippen LogP contribution in [0.3, 0.4) is 0 Å². The van der Waals surface area contributed by atoms with Crippen LogP contribution in [0.1, 0.15) is 24.8 Å². The van der Waals surface area contributed by atoms with Crippen LogP contribution in [0.2, 0.25) is 0 Å². The zero-order valence-corrected chi connectivity index (χ0v) is 12.2. The minimum atomic E-state index is -4.50. The van der Waals surface area contributed by atoms with Crippen molar-refractivity contribution >= 4 is 0 Å². The van der Waals surface area contributed by atoms with E-state index in [0.717, 1.165) is 36.0 Å². The first-order valence-corrected chi connectivity index (χ1v) is 7.36. The fraction of sp³-hybridized carbons (Fsp3) is 0.375. The van der Waals surface area contributed by atoms with Crippen molar-refractivity contribution in [3.8, 4) is 5.69 Å². The van der Waals surface area contributed by atoms with Gasteiger partial charge in [-0.2, -0.15) is 13.2 Å². The molecule has 23 heavy (non-hydrogen) atoms. The lowest BCUT2D eigenvalue weighted by molar-refractivity contribution is -0.137. The first kappa shape index (κ1) is 15.6. The Labute approximate surface area is 129 Å². The van der Waals surface area contributed by atoms with Crippen molar-refractivity contribution in [1.82, 2.24) is 9.13 Å². The summed E-state index contributed by atoms with van der Waals surface area (Å²) in [7, 11) is 0. The predicted molar refractivity (Wildman–Crippen MR) is 78.6 cm³/mol. The van der Waals surface area contributed by atoms with Gasteiger partial charge in [0.15, 0.2) is 0 Å². The number of hydrogen-bond acceptors (Lipinski definition) is 2. The summed E-state index contributed by atoms with van der Waals surface area (Å²) in [6, 6.07) is 4.36. The SMILES string of the molecule is O=c1c(=O)n(-c2cccc(C(F)(F)F)c2)ccn1CC1CCC1. The van der Waals surface area contributed by atoms with Crippen LogP contribution in [0.25, 0.3) is 5.69 Å². The van der Waals surface area contributed by atoms with Gasteiger partial charge in [0.2, 0.25) is 0 Å². The van der Waals surface area contributed by atoms with E-state index in [1.54, 1.807) is 0 Å². The highest BCUT2D eigenvalue weighted by Crippen LogP contribution is 2.30. The van der Waals surface area contributed by atoms with E-state index in [1.165, 1.54) is 29.1 Å². The number of alkyl halides is 3. The monoisotopic (exact) mass is 324 g/mol. The Morgan fingerprint density at radius 2 is 1.83 bits per heavy atom. The summed E-state index contributed by atoms with van der Waals surface area (Å²) < 4.78 is 40.6. The molecule has 1 aromatic carbocycles. The number of rotatable bonds is 3. The second-order valence-corrected chi connectivity index (χ2v) is 5.78. The molecule has 0 amide bonds. The summed E-state index contributed by atoms with van der Waals surface area (Å²) in [6.45, 7) is 0.484. The van der Waals surface area contributed by atoms with Crippen LogP contribution >= 0.6 is 0 Å². The first-order chi connectivity index (χ1) is 10.9. The highest BCUT2D eigenvalue weighted by Gasteiger charge is 2.30. The standard InChI is InChI=1S/C16H15F3N2O2/c17-16(18,19)12-5-2-6-13(9-12)21-8-7-20(14(22)15(21)23)10-11-3-1-4-11/h2,5-9,11H,1,3-4,10H2. The Morgan fingerprint density at radius 3 is 2.43 bits per heavy atom. The van der Waals surface area contributed by atoms with E-state index in [4.69, 9.17) is 0 Å². The minimum Gasteiger partial charge on any atom is -0.309 e. The maximum absolute atomic E-state index is 12.8. The second kappa shape index (κ2) is 5.72. The van der Waals surface area contributed by atoms with Crippen molar-refractivity contribution in [1.29, 1.82) is 0 Å². The fourth-order valence-corrected chi connectivity index (χ4v) is 2.64. The normalized spacial score (nSPS) is 15.4. The van der Waals surface area contributed by atoms with Crippen molar-refractivity contribution < 1.29 is 13.2 Å². The number of nitrogens with zero attached hydrogens (tertiary/aromatic N) is 2. The minimum absolute atomic E-state index is 0.0257. The Hall–Kier alpha value is -2.31. The van der Waals surface area contributed by atoms with E-state index >= 15 is 0 Å². The number of aromatic nitrogens is 2. The average Bonchev–Trinajstić information content (AvgIpc) is 2.46. The number of hydrogen-bond donors (Lipinski definition) is 0. The molecular formula is C16H15F3N2O2. The van der Waals surface area contributed by atoms with Crippen LogP contribution < -0.4 is 11.1 Å². The molecule has 0 spiro atoms. The molecule has 3 rings (SSSR count). The Kier molecular flexibility index (Phi) is 3.87. The molecule has 0 saturated heterocycles. The van der Waals surface area contributed by atoms with E-state index in [0.29, 0.717) is 12.5 Å². The molecule has 0 radical (unpaired) electrons. The second-order valence-electron chi connectivity index (χ2n) is 5.78. The van der Waals surface area contributed by atoms with Gasteiger partial charge in [0.25, 0.3) is 0 Å². The van der Waals surface area contributed by atoms with Crippen molar-refractivity contribution in [3.63, 3.8) is 0 Å². The lowest BCUT2D eigenvalue weighted by Crippen LogP contribution is -2.41. The van der Waals surface area contributed by atoms with Crippen LogP contribution in [-0.2, 0) is 12.7 Å². The van der Waals surface area contributed by atoms with Crippen molar-refractivity contribution in [2.24, 2.45) is 5.92 Å². The third-order valence-corrected chi connectivity index (χ3v) is 4.19. The quantitative estimate of drug-likeness (QED) is 0.815. The summed E-state index contributed by atoms with van der Waals surface area (Å²) >= 11 is 0. The maximum Gasteiger partial charge on any atom is 0.416 e.